The third-order valence-corrected chi connectivity index (χ3v) is 3.45. The largest absolute Gasteiger partial charge is 0.471 e. The molecule has 2 N–H and O–H groups in total. The number of esters is 1. The first-order chi connectivity index (χ1) is 9.63. The van der Waals surface area contributed by atoms with Gasteiger partial charge in [0.15, 0.2) is 0 Å². The van der Waals surface area contributed by atoms with Crippen LogP contribution < -0.4 is 10.5 Å². The minimum absolute atomic E-state index is 0.173. The van der Waals surface area contributed by atoms with E-state index in [2.05, 4.69) is 25.7 Å². The molecule has 1 aromatic carbocycles. The number of benzene rings is 1. The molecule has 1 heterocycles. The van der Waals surface area contributed by atoms with E-state index < -0.39 is 5.97 Å². The van der Waals surface area contributed by atoms with Crippen LogP contribution in [-0.4, -0.2) is 18.1 Å². The van der Waals surface area contributed by atoms with Crippen molar-refractivity contribution in [1.82, 2.24) is 4.98 Å². The Hall–Kier alpha value is -2.08. The van der Waals surface area contributed by atoms with Crippen molar-refractivity contribution in [3.63, 3.8) is 0 Å². The van der Waals surface area contributed by atoms with Gasteiger partial charge in [-0.3, -0.25) is 0 Å². The first kappa shape index (κ1) is 14.3. The SMILES string of the molecule is COC(=O)c1ccnc(OCc2ccccc2Br)c1N. The number of ether oxygens (including phenoxy) is 2. The van der Waals surface area contributed by atoms with Gasteiger partial charge in [-0.15, -0.1) is 0 Å². The molecule has 5 nitrogen and oxygen atoms in total. The zero-order chi connectivity index (χ0) is 14.5. The van der Waals surface area contributed by atoms with E-state index >= 15 is 0 Å². The summed E-state index contributed by atoms with van der Waals surface area (Å²) >= 11 is 3.43. The maximum atomic E-state index is 11.5. The summed E-state index contributed by atoms with van der Waals surface area (Å²) in [5.74, 6) is -0.306. The topological polar surface area (TPSA) is 74.4 Å². The molecule has 0 bridgehead atoms. The molecule has 2 rings (SSSR count). The molecule has 0 aliphatic rings. The van der Waals surface area contributed by atoms with Crippen LogP contribution in [0.1, 0.15) is 15.9 Å². The van der Waals surface area contributed by atoms with E-state index in [-0.39, 0.29) is 17.1 Å². The van der Waals surface area contributed by atoms with Crippen molar-refractivity contribution in [3.05, 3.63) is 52.1 Å². The van der Waals surface area contributed by atoms with Crippen molar-refractivity contribution in [3.8, 4) is 5.88 Å². The number of hydrogen-bond acceptors (Lipinski definition) is 5. The highest BCUT2D eigenvalue weighted by molar-refractivity contribution is 9.10. The van der Waals surface area contributed by atoms with E-state index in [1.165, 1.54) is 19.4 Å². The Kier molecular flexibility index (Phi) is 4.57. The summed E-state index contributed by atoms with van der Waals surface area (Å²) in [6.45, 7) is 0.295. The summed E-state index contributed by atoms with van der Waals surface area (Å²) in [4.78, 5) is 15.6. The number of aromatic nitrogens is 1. The minimum Gasteiger partial charge on any atom is -0.471 e. The summed E-state index contributed by atoms with van der Waals surface area (Å²) in [6.07, 6.45) is 1.46. The Morgan fingerprint density at radius 1 is 1.35 bits per heavy atom. The number of carbonyl (C=O) groups is 1. The summed E-state index contributed by atoms with van der Waals surface area (Å²) in [5, 5.41) is 0. The lowest BCUT2D eigenvalue weighted by Gasteiger charge is -2.11. The fourth-order valence-electron chi connectivity index (χ4n) is 1.62. The number of hydrogen-bond donors (Lipinski definition) is 1. The second-order valence-corrected chi connectivity index (χ2v) is 4.80. The van der Waals surface area contributed by atoms with E-state index in [1.54, 1.807) is 0 Å². The number of nitrogen functional groups attached to an aromatic ring is 1. The molecule has 0 fully saturated rings. The van der Waals surface area contributed by atoms with E-state index in [0.29, 0.717) is 6.61 Å². The van der Waals surface area contributed by atoms with Gasteiger partial charge >= 0.3 is 5.97 Å². The minimum atomic E-state index is -0.518. The number of anilines is 1. The van der Waals surface area contributed by atoms with Crippen molar-refractivity contribution >= 4 is 27.6 Å². The fourth-order valence-corrected chi connectivity index (χ4v) is 2.02. The van der Waals surface area contributed by atoms with Gasteiger partial charge in [0.25, 0.3) is 0 Å². The molecule has 0 unspecified atom stereocenters. The number of methoxy groups -OCH3 is 1. The first-order valence-corrected chi connectivity index (χ1v) is 6.61. The lowest BCUT2D eigenvalue weighted by atomic mass is 10.2. The van der Waals surface area contributed by atoms with Gasteiger partial charge in [-0.05, 0) is 12.1 Å². The highest BCUT2D eigenvalue weighted by Crippen LogP contribution is 2.25. The normalized spacial score (nSPS) is 10.1. The van der Waals surface area contributed by atoms with Crippen LogP contribution in [0.5, 0.6) is 5.88 Å². The van der Waals surface area contributed by atoms with Crippen molar-refractivity contribution < 1.29 is 14.3 Å². The number of nitrogens with two attached hydrogens (primary N) is 1. The highest BCUT2D eigenvalue weighted by Gasteiger charge is 2.15. The molecule has 0 spiro atoms. The Morgan fingerprint density at radius 3 is 2.80 bits per heavy atom. The third kappa shape index (κ3) is 3.08. The summed E-state index contributed by atoms with van der Waals surface area (Å²) in [5.41, 5.74) is 7.23. The molecule has 0 saturated carbocycles. The van der Waals surface area contributed by atoms with Crippen LogP contribution in [0.3, 0.4) is 0 Å². The lowest BCUT2D eigenvalue weighted by Crippen LogP contribution is -2.09. The number of pyridine rings is 1. The monoisotopic (exact) mass is 336 g/mol. The van der Waals surface area contributed by atoms with Crippen molar-refractivity contribution in [2.75, 3.05) is 12.8 Å². The Morgan fingerprint density at radius 2 is 2.10 bits per heavy atom. The Balaban J connectivity index is 2.18. The molecule has 0 aliphatic heterocycles. The van der Waals surface area contributed by atoms with Gasteiger partial charge in [0.2, 0.25) is 5.88 Å². The molecular formula is C14H13BrN2O3. The molecule has 0 amide bonds. The van der Waals surface area contributed by atoms with Crippen LogP contribution >= 0.6 is 15.9 Å². The predicted octanol–water partition coefficient (Wildman–Crippen LogP) is 2.79. The number of nitrogens with zero attached hydrogens (tertiary/aromatic N) is 1. The Bertz CT molecular complexity index is 632. The van der Waals surface area contributed by atoms with Gasteiger partial charge in [-0.25, -0.2) is 9.78 Å². The van der Waals surface area contributed by atoms with Crippen molar-refractivity contribution in [2.45, 2.75) is 6.61 Å². The summed E-state index contributed by atoms with van der Waals surface area (Å²) in [7, 11) is 1.30. The zero-order valence-electron chi connectivity index (χ0n) is 10.8. The average molecular weight is 337 g/mol. The standard InChI is InChI=1S/C14H13BrN2O3/c1-19-14(18)10-6-7-17-13(12(10)16)20-8-9-4-2-3-5-11(9)15/h2-7H,8,16H2,1H3. The molecule has 104 valence electrons. The number of rotatable bonds is 4. The average Bonchev–Trinajstić information content (AvgIpc) is 2.47. The number of halogens is 1. The number of carbonyl (C=O) groups excluding carboxylic acids is 1. The molecule has 0 radical (unpaired) electrons. The van der Waals surface area contributed by atoms with E-state index in [4.69, 9.17) is 10.5 Å². The smallest absolute Gasteiger partial charge is 0.340 e. The highest BCUT2D eigenvalue weighted by atomic mass is 79.9. The van der Waals surface area contributed by atoms with Crippen molar-refractivity contribution in [2.24, 2.45) is 0 Å². The van der Waals surface area contributed by atoms with Gasteiger partial charge in [0.1, 0.15) is 12.3 Å². The zero-order valence-corrected chi connectivity index (χ0v) is 12.4. The quantitative estimate of drug-likeness (QED) is 0.869. The third-order valence-electron chi connectivity index (χ3n) is 2.68. The van der Waals surface area contributed by atoms with Crippen LogP contribution in [-0.2, 0) is 11.3 Å². The van der Waals surface area contributed by atoms with Crippen LogP contribution in [0, 0.1) is 0 Å². The summed E-state index contributed by atoms with van der Waals surface area (Å²) < 4.78 is 11.1. The maximum absolute atomic E-state index is 11.5. The second-order valence-electron chi connectivity index (χ2n) is 3.95. The van der Waals surface area contributed by atoms with E-state index in [1.807, 2.05) is 24.3 Å². The molecule has 1 aromatic heterocycles. The Labute approximate surface area is 124 Å². The lowest BCUT2D eigenvalue weighted by molar-refractivity contribution is 0.0601. The van der Waals surface area contributed by atoms with Gasteiger partial charge in [-0.1, -0.05) is 34.1 Å². The van der Waals surface area contributed by atoms with Crippen LogP contribution in [0.4, 0.5) is 5.69 Å². The molecular weight excluding hydrogens is 324 g/mol. The molecule has 0 atom stereocenters. The summed E-state index contributed by atoms with van der Waals surface area (Å²) in [6, 6.07) is 9.15. The van der Waals surface area contributed by atoms with Gasteiger partial charge in [0.05, 0.1) is 12.7 Å². The van der Waals surface area contributed by atoms with E-state index in [0.717, 1.165) is 10.0 Å². The van der Waals surface area contributed by atoms with Gasteiger partial charge in [0, 0.05) is 16.2 Å². The molecule has 20 heavy (non-hydrogen) atoms. The molecule has 6 heteroatoms. The van der Waals surface area contributed by atoms with Crippen LogP contribution in [0.25, 0.3) is 0 Å². The molecule has 0 aliphatic carbocycles. The maximum Gasteiger partial charge on any atom is 0.340 e. The van der Waals surface area contributed by atoms with Crippen LogP contribution in [0.15, 0.2) is 41.0 Å². The van der Waals surface area contributed by atoms with E-state index in [9.17, 15) is 4.79 Å². The van der Waals surface area contributed by atoms with Crippen LogP contribution in [0.2, 0.25) is 0 Å². The fraction of sp³-hybridized carbons (Fsp3) is 0.143. The first-order valence-electron chi connectivity index (χ1n) is 5.82. The molecule has 0 saturated heterocycles. The predicted molar refractivity (Wildman–Crippen MR) is 78.5 cm³/mol. The van der Waals surface area contributed by atoms with Gasteiger partial charge in [-0.2, -0.15) is 0 Å². The van der Waals surface area contributed by atoms with Crippen molar-refractivity contribution in [1.29, 1.82) is 0 Å². The van der Waals surface area contributed by atoms with Gasteiger partial charge < -0.3 is 15.2 Å². The second kappa shape index (κ2) is 6.38. The molecule has 2 aromatic rings.